The van der Waals surface area contributed by atoms with Crippen LogP contribution in [0.2, 0.25) is 5.02 Å². The van der Waals surface area contributed by atoms with E-state index in [4.69, 9.17) is 16.3 Å². The molecule has 1 aromatic heterocycles. The zero-order chi connectivity index (χ0) is 13.3. The maximum atomic E-state index is 11.6. The van der Waals surface area contributed by atoms with Crippen molar-refractivity contribution in [2.45, 2.75) is 6.92 Å². The summed E-state index contributed by atoms with van der Waals surface area (Å²) >= 11 is 8.10. The fourth-order valence-electron chi connectivity index (χ4n) is 1.37. The molecule has 0 saturated heterocycles. The minimum atomic E-state index is -0.378. The van der Waals surface area contributed by atoms with Gasteiger partial charge in [0.2, 0.25) is 0 Å². The first-order chi connectivity index (χ1) is 8.49. The van der Waals surface area contributed by atoms with Crippen molar-refractivity contribution < 1.29 is 4.74 Å². The molecule has 0 bridgehead atoms. The molecule has 18 heavy (non-hydrogen) atoms. The Bertz CT molecular complexity index is 655. The Morgan fingerprint density at radius 3 is 2.83 bits per heavy atom. The van der Waals surface area contributed by atoms with E-state index in [0.29, 0.717) is 5.75 Å². The monoisotopic (exact) mass is 376 g/mol. The van der Waals surface area contributed by atoms with Crippen molar-refractivity contribution in [3.63, 3.8) is 0 Å². The van der Waals surface area contributed by atoms with Gasteiger partial charge in [-0.15, -0.1) is 0 Å². The molecule has 0 amide bonds. The van der Waals surface area contributed by atoms with Crippen molar-refractivity contribution in [1.29, 1.82) is 0 Å². The van der Waals surface area contributed by atoms with Gasteiger partial charge in [0.1, 0.15) is 5.75 Å². The lowest BCUT2D eigenvalue weighted by molar-refractivity contribution is 0.469. The van der Waals surface area contributed by atoms with E-state index in [2.05, 4.69) is 27.7 Å². The van der Waals surface area contributed by atoms with E-state index < -0.39 is 0 Å². The molecule has 0 aliphatic heterocycles. The first-order valence-electron chi connectivity index (χ1n) is 5.15. The van der Waals surface area contributed by atoms with Crippen LogP contribution in [-0.2, 0) is 7.05 Å². The van der Waals surface area contributed by atoms with Crippen LogP contribution in [0.4, 0.5) is 0 Å². The van der Waals surface area contributed by atoms with Gasteiger partial charge in [-0.25, -0.2) is 4.68 Å². The quantitative estimate of drug-likeness (QED) is 0.757. The Morgan fingerprint density at radius 2 is 2.11 bits per heavy atom. The molecule has 0 atom stereocenters. The molecule has 0 radical (unpaired) electrons. The summed E-state index contributed by atoms with van der Waals surface area (Å²) in [7, 11) is 1.54. The molecule has 0 saturated carbocycles. The second-order valence-electron chi connectivity index (χ2n) is 3.79. The van der Waals surface area contributed by atoms with E-state index in [9.17, 15) is 4.79 Å². The van der Waals surface area contributed by atoms with Gasteiger partial charge in [-0.1, -0.05) is 17.7 Å². The smallest absolute Gasteiger partial charge is 0.289 e. The number of rotatable bonds is 2. The maximum Gasteiger partial charge on any atom is 0.289 e. The Hall–Kier alpha value is -1.08. The summed E-state index contributed by atoms with van der Waals surface area (Å²) in [6.07, 6.45) is 1.43. The largest absolute Gasteiger partial charge is 0.453 e. The molecule has 0 aliphatic rings. The van der Waals surface area contributed by atoms with Gasteiger partial charge >= 0.3 is 0 Å². The van der Waals surface area contributed by atoms with Crippen LogP contribution in [0.3, 0.4) is 0 Å². The molecule has 0 N–H and O–H groups in total. The van der Waals surface area contributed by atoms with Crippen LogP contribution in [0.25, 0.3) is 0 Å². The standard InChI is InChI=1S/C12H10ClIN2O2/c1-7-3-4-8(14)9(5-7)18-10-6-15-16(2)12(17)11(10)13/h3-6H,1-2H3. The number of hydrogen-bond donors (Lipinski definition) is 0. The van der Waals surface area contributed by atoms with E-state index in [-0.39, 0.29) is 16.3 Å². The SMILES string of the molecule is Cc1ccc(I)c(Oc2cnn(C)c(=O)c2Cl)c1. The van der Waals surface area contributed by atoms with Crippen LogP contribution in [0.1, 0.15) is 5.56 Å². The van der Waals surface area contributed by atoms with Crippen LogP contribution in [0.5, 0.6) is 11.5 Å². The number of aromatic nitrogens is 2. The highest BCUT2D eigenvalue weighted by Crippen LogP contribution is 2.30. The van der Waals surface area contributed by atoms with Crippen LogP contribution >= 0.6 is 34.2 Å². The molecular weight excluding hydrogens is 367 g/mol. The zero-order valence-electron chi connectivity index (χ0n) is 9.78. The predicted molar refractivity (Wildman–Crippen MR) is 78.5 cm³/mol. The summed E-state index contributed by atoms with van der Waals surface area (Å²) in [5.74, 6) is 0.927. The third-order valence-corrected chi connectivity index (χ3v) is 3.59. The van der Waals surface area contributed by atoms with Gasteiger partial charge in [0.05, 0.1) is 9.77 Å². The summed E-state index contributed by atoms with van der Waals surface area (Å²) < 4.78 is 7.74. The predicted octanol–water partition coefficient (Wildman–Crippen LogP) is 3.14. The Kier molecular flexibility index (Phi) is 3.91. The molecule has 1 heterocycles. The maximum absolute atomic E-state index is 11.6. The summed E-state index contributed by atoms with van der Waals surface area (Å²) in [5, 5.41) is 3.91. The molecular formula is C12H10ClIN2O2. The molecule has 0 aliphatic carbocycles. The van der Waals surface area contributed by atoms with Crippen molar-refractivity contribution in [2.24, 2.45) is 7.05 Å². The highest BCUT2D eigenvalue weighted by atomic mass is 127. The third-order valence-electron chi connectivity index (χ3n) is 2.35. The molecule has 1 aromatic carbocycles. The van der Waals surface area contributed by atoms with Crippen LogP contribution in [-0.4, -0.2) is 9.78 Å². The van der Waals surface area contributed by atoms with Crippen molar-refractivity contribution in [2.75, 3.05) is 0 Å². The number of hydrogen-bond acceptors (Lipinski definition) is 3. The Morgan fingerprint density at radius 1 is 1.39 bits per heavy atom. The summed E-state index contributed by atoms with van der Waals surface area (Å²) in [5.41, 5.74) is 0.690. The van der Waals surface area contributed by atoms with Gasteiger partial charge < -0.3 is 4.74 Å². The van der Waals surface area contributed by atoms with Gasteiger partial charge in [-0.05, 0) is 47.2 Å². The number of ether oxygens (including phenoxy) is 1. The highest BCUT2D eigenvalue weighted by molar-refractivity contribution is 14.1. The van der Waals surface area contributed by atoms with E-state index in [1.165, 1.54) is 13.2 Å². The first-order valence-corrected chi connectivity index (χ1v) is 6.60. The summed E-state index contributed by atoms with van der Waals surface area (Å²) in [4.78, 5) is 11.6. The minimum Gasteiger partial charge on any atom is -0.453 e. The Balaban J connectivity index is 2.43. The van der Waals surface area contributed by atoms with Gasteiger partial charge in [0, 0.05) is 7.05 Å². The Labute approximate surface area is 123 Å². The average Bonchev–Trinajstić information content (AvgIpc) is 2.34. The average molecular weight is 377 g/mol. The lowest BCUT2D eigenvalue weighted by Crippen LogP contribution is -2.19. The number of benzene rings is 1. The molecule has 0 spiro atoms. The van der Waals surface area contributed by atoms with E-state index in [0.717, 1.165) is 13.8 Å². The van der Waals surface area contributed by atoms with E-state index in [1.54, 1.807) is 0 Å². The summed E-state index contributed by atoms with van der Waals surface area (Å²) in [6.45, 7) is 1.97. The molecule has 0 unspecified atom stereocenters. The van der Waals surface area contributed by atoms with E-state index >= 15 is 0 Å². The molecule has 2 aromatic rings. The minimum absolute atomic E-state index is 0.0322. The first kappa shape index (κ1) is 13.4. The summed E-state index contributed by atoms with van der Waals surface area (Å²) in [6, 6.07) is 5.81. The highest BCUT2D eigenvalue weighted by Gasteiger charge is 2.11. The van der Waals surface area contributed by atoms with Crippen molar-refractivity contribution in [3.05, 3.63) is 48.9 Å². The zero-order valence-corrected chi connectivity index (χ0v) is 12.7. The number of aryl methyl sites for hydroxylation is 2. The molecule has 4 nitrogen and oxygen atoms in total. The van der Waals surface area contributed by atoms with Crippen LogP contribution in [0, 0.1) is 10.5 Å². The van der Waals surface area contributed by atoms with Gasteiger partial charge in [-0.3, -0.25) is 4.79 Å². The number of nitrogens with zero attached hydrogens (tertiary/aromatic N) is 2. The normalized spacial score (nSPS) is 10.4. The fraction of sp³-hybridized carbons (Fsp3) is 0.167. The second-order valence-corrected chi connectivity index (χ2v) is 5.33. The van der Waals surface area contributed by atoms with Gasteiger partial charge in [-0.2, -0.15) is 5.10 Å². The van der Waals surface area contributed by atoms with Crippen molar-refractivity contribution in [3.8, 4) is 11.5 Å². The molecule has 94 valence electrons. The van der Waals surface area contributed by atoms with Crippen molar-refractivity contribution >= 4 is 34.2 Å². The van der Waals surface area contributed by atoms with Crippen LogP contribution in [0.15, 0.2) is 29.2 Å². The lowest BCUT2D eigenvalue weighted by Gasteiger charge is -2.09. The third kappa shape index (κ3) is 2.67. The second kappa shape index (κ2) is 5.27. The van der Waals surface area contributed by atoms with Gasteiger partial charge in [0.15, 0.2) is 10.8 Å². The molecule has 2 rings (SSSR count). The van der Waals surface area contributed by atoms with E-state index in [1.807, 2.05) is 25.1 Å². The topological polar surface area (TPSA) is 44.1 Å². The van der Waals surface area contributed by atoms with Crippen LogP contribution < -0.4 is 10.3 Å². The number of halogens is 2. The fourth-order valence-corrected chi connectivity index (χ4v) is 2.03. The lowest BCUT2D eigenvalue weighted by atomic mass is 10.2. The van der Waals surface area contributed by atoms with Crippen molar-refractivity contribution in [1.82, 2.24) is 9.78 Å². The van der Waals surface area contributed by atoms with Gasteiger partial charge in [0.25, 0.3) is 5.56 Å². The molecule has 0 fully saturated rings. The molecule has 6 heteroatoms.